The van der Waals surface area contributed by atoms with Crippen LogP contribution in [0.1, 0.15) is 37.8 Å². The summed E-state index contributed by atoms with van der Waals surface area (Å²) in [5, 5.41) is 21.4. The molecule has 3 N–H and O–H groups in total. The molecule has 0 bridgehead atoms. The van der Waals surface area contributed by atoms with Crippen LogP contribution in [0.4, 0.5) is 17.6 Å². The molecular formula is C25H35N7O3. The highest BCUT2D eigenvalue weighted by molar-refractivity contribution is 5.94. The highest BCUT2D eigenvalue weighted by Crippen LogP contribution is 2.36. The molecular weight excluding hydrogens is 446 g/mol. The number of aromatic amines is 1. The van der Waals surface area contributed by atoms with Crippen molar-refractivity contribution in [3.05, 3.63) is 23.9 Å². The van der Waals surface area contributed by atoms with Crippen LogP contribution in [-0.4, -0.2) is 82.7 Å². The number of benzene rings is 1. The van der Waals surface area contributed by atoms with Crippen LogP contribution in [0.2, 0.25) is 0 Å². The summed E-state index contributed by atoms with van der Waals surface area (Å²) in [6.45, 7) is 7.44. The summed E-state index contributed by atoms with van der Waals surface area (Å²) in [7, 11) is 1.65. The third-order valence-electron chi connectivity index (χ3n) is 6.74. The van der Waals surface area contributed by atoms with Crippen LogP contribution < -0.4 is 19.7 Å². The van der Waals surface area contributed by atoms with Crippen LogP contribution in [0.15, 0.2) is 18.2 Å². The molecule has 0 saturated carbocycles. The maximum absolute atomic E-state index is 9.94. The molecule has 0 spiro atoms. The van der Waals surface area contributed by atoms with Gasteiger partial charge in [0.1, 0.15) is 5.82 Å². The molecule has 188 valence electrons. The summed E-state index contributed by atoms with van der Waals surface area (Å²) in [5.41, 5.74) is 1.73. The number of hydrogen-bond acceptors (Lipinski definition) is 9. The number of nitrogens with zero attached hydrogens (tertiary/aromatic N) is 5. The number of rotatable bonds is 9. The molecule has 1 aromatic carbocycles. The van der Waals surface area contributed by atoms with Crippen molar-refractivity contribution in [2.24, 2.45) is 0 Å². The van der Waals surface area contributed by atoms with Gasteiger partial charge in [0, 0.05) is 42.8 Å². The van der Waals surface area contributed by atoms with Crippen LogP contribution in [-0.2, 0) is 0 Å². The standard InChI is InChI=1S/C25H35N7O3/c1-17-14-23(30-29-17)27-24-19-15-21(34-2)22(35-13-5-10-31-8-3-4-9-31)16-20(19)26-25(28-24)32-11-6-18(33)7-12-32/h14-16,18,33H,3-13H2,1-2H3,(H2,26,27,28,29,30). The molecule has 10 heteroatoms. The first-order chi connectivity index (χ1) is 17.1. The lowest BCUT2D eigenvalue weighted by Crippen LogP contribution is -2.36. The van der Waals surface area contributed by atoms with Crippen LogP contribution in [0, 0.1) is 6.92 Å². The molecule has 35 heavy (non-hydrogen) atoms. The van der Waals surface area contributed by atoms with E-state index in [-0.39, 0.29) is 6.10 Å². The Labute approximate surface area is 205 Å². The fraction of sp³-hybridized carbons (Fsp3) is 0.560. The molecule has 2 aromatic heterocycles. The van der Waals surface area contributed by atoms with Gasteiger partial charge in [0.05, 0.1) is 25.3 Å². The Morgan fingerprint density at radius 3 is 2.60 bits per heavy atom. The number of aliphatic hydroxyl groups is 1. The molecule has 10 nitrogen and oxygen atoms in total. The third-order valence-corrected chi connectivity index (χ3v) is 6.74. The summed E-state index contributed by atoms with van der Waals surface area (Å²) in [6.07, 6.45) is 4.71. The van der Waals surface area contributed by atoms with Crippen molar-refractivity contribution in [1.82, 2.24) is 25.1 Å². The number of likely N-dealkylation sites (tertiary alicyclic amines) is 1. The van der Waals surface area contributed by atoms with Gasteiger partial charge in [-0.25, -0.2) is 4.98 Å². The van der Waals surface area contributed by atoms with E-state index in [0.29, 0.717) is 61.6 Å². The number of fused-ring (bicyclic) bond motifs is 1. The SMILES string of the molecule is COc1cc2c(Nc3cc(C)[nH]n3)nc(N3CCC(O)CC3)nc2cc1OCCCN1CCCC1. The summed E-state index contributed by atoms with van der Waals surface area (Å²) >= 11 is 0. The Hall–Kier alpha value is -3.11. The van der Waals surface area contributed by atoms with Crippen molar-refractivity contribution in [2.75, 3.05) is 56.7 Å². The number of aryl methyl sites for hydroxylation is 1. The largest absolute Gasteiger partial charge is 0.493 e. The minimum absolute atomic E-state index is 0.263. The third kappa shape index (κ3) is 5.59. The maximum Gasteiger partial charge on any atom is 0.227 e. The molecule has 2 fully saturated rings. The smallest absolute Gasteiger partial charge is 0.227 e. The van der Waals surface area contributed by atoms with E-state index in [4.69, 9.17) is 19.4 Å². The van der Waals surface area contributed by atoms with E-state index in [0.717, 1.165) is 29.6 Å². The van der Waals surface area contributed by atoms with Crippen molar-refractivity contribution in [2.45, 2.75) is 45.1 Å². The number of H-pyrrole nitrogens is 1. The first-order valence-corrected chi connectivity index (χ1v) is 12.6. The van der Waals surface area contributed by atoms with Crippen LogP contribution in [0.5, 0.6) is 11.5 Å². The molecule has 5 rings (SSSR count). The average molecular weight is 482 g/mol. The predicted molar refractivity (Wildman–Crippen MR) is 136 cm³/mol. The van der Waals surface area contributed by atoms with Gasteiger partial charge in [-0.3, -0.25) is 5.10 Å². The average Bonchev–Trinajstić information content (AvgIpc) is 3.53. The Morgan fingerprint density at radius 2 is 1.89 bits per heavy atom. The lowest BCUT2D eigenvalue weighted by molar-refractivity contribution is 0.145. The molecule has 0 unspecified atom stereocenters. The van der Waals surface area contributed by atoms with Gasteiger partial charge in [-0.05, 0) is 58.2 Å². The molecule has 0 radical (unpaired) electrons. The highest BCUT2D eigenvalue weighted by Gasteiger charge is 2.22. The van der Waals surface area contributed by atoms with Crippen molar-refractivity contribution in [3.63, 3.8) is 0 Å². The van der Waals surface area contributed by atoms with Gasteiger partial charge in [0.15, 0.2) is 17.3 Å². The van der Waals surface area contributed by atoms with Gasteiger partial charge in [-0.1, -0.05) is 0 Å². The number of ether oxygens (including phenoxy) is 2. The minimum atomic E-state index is -0.263. The lowest BCUT2D eigenvalue weighted by atomic mass is 10.1. The normalized spacial score (nSPS) is 17.3. The Morgan fingerprint density at radius 1 is 1.09 bits per heavy atom. The maximum atomic E-state index is 9.94. The second kappa shape index (κ2) is 10.7. The number of piperidine rings is 1. The van der Waals surface area contributed by atoms with Gasteiger partial charge in [0.25, 0.3) is 0 Å². The van der Waals surface area contributed by atoms with Gasteiger partial charge < -0.3 is 29.7 Å². The summed E-state index contributed by atoms with van der Waals surface area (Å²) < 4.78 is 11.8. The number of nitrogens with one attached hydrogen (secondary N) is 2. The molecule has 0 amide bonds. The quantitative estimate of drug-likeness (QED) is 0.397. The van der Waals surface area contributed by atoms with E-state index in [1.807, 2.05) is 25.1 Å². The van der Waals surface area contributed by atoms with Gasteiger partial charge in [-0.2, -0.15) is 10.1 Å². The van der Waals surface area contributed by atoms with Crippen molar-refractivity contribution < 1.29 is 14.6 Å². The van der Waals surface area contributed by atoms with Gasteiger partial charge in [0.2, 0.25) is 5.95 Å². The highest BCUT2D eigenvalue weighted by atomic mass is 16.5. The fourth-order valence-electron chi connectivity index (χ4n) is 4.78. The fourth-order valence-corrected chi connectivity index (χ4v) is 4.78. The second-order valence-electron chi connectivity index (χ2n) is 9.42. The first kappa shape index (κ1) is 23.6. The van der Waals surface area contributed by atoms with E-state index in [1.54, 1.807) is 7.11 Å². The number of methoxy groups -OCH3 is 1. The van der Waals surface area contributed by atoms with E-state index in [2.05, 4.69) is 25.3 Å². The zero-order valence-corrected chi connectivity index (χ0v) is 20.6. The Balaban J connectivity index is 1.43. The van der Waals surface area contributed by atoms with E-state index < -0.39 is 0 Å². The summed E-state index contributed by atoms with van der Waals surface area (Å²) in [5.74, 6) is 3.30. The monoisotopic (exact) mass is 481 g/mol. The van der Waals surface area contributed by atoms with E-state index in [9.17, 15) is 5.11 Å². The Kier molecular flexibility index (Phi) is 7.19. The molecule has 2 saturated heterocycles. The molecule has 2 aliphatic rings. The molecule has 0 aliphatic carbocycles. The number of hydrogen-bond donors (Lipinski definition) is 3. The van der Waals surface area contributed by atoms with Gasteiger partial charge >= 0.3 is 0 Å². The number of aliphatic hydroxyl groups excluding tert-OH is 1. The lowest BCUT2D eigenvalue weighted by Gasteiger charge is -2.30. The van der Waals surface area contributed by atoms with Gasteiger partial charge in [-0.15, -0.1) is 0 Å². The topological polar surface area (TPSA) is 112 Å². The zero-order valence-electron chi connectivity index (χ0n) is 20.6. The molecule has 3 aromatic rings. The van der Waals surface area contributed by atoms with Crippen LogP contribution in [0.25, 0.3) is 10.9 Å². The summed E-state index contributed by atoms with van der Waals surface area (Å²) in [4.78, 5) is 14.3. The Bertz CT molecular complexity index is 1140. The second-order valence-corrected chi connectivity index (χ2v) is 9.42. The molecule has 2 aliphatic heterocycles. The number of anilines is 3. The van der Waals surface area contributed by atoms with E-state index >= 15 is 0 Å². The summed E-state index contributed by atoms with van der Waals surface area (Å²) in [6, 6.07) is 5.80. The van der Waals surface area contributed by atoms with Crippen LogP contribution in [0.3, 0.4) is 0 Å². The van der Waals surface area contributed by atoms with Crippen molar-refractivity contribution >= 4 is 28.5 Å². The molecule has 0 atom stereocenters. The predicted octanol–water partition coefficient (Wildman–Crippen LogP) is 3.24. The van der Waals surface area contributed by atoms with Crippen molar-refractivity contribution in [3.8, 4) is 11.5 Å². The minimum Gasteiger partial charge on any atom is -0.493 e. The number of aromatic nitrogens is 4. The molecule has 4 heterocycles. The zero-order chi connectivity index (χ0) is 24.2. The van der Waals surface area contributed by atoms with E-state index in [1.165, 1.54) is 25.9 Å². The first-order valence-electron chi connectivity index (χ1n) is 12.6. The van der Waals surface area contributed by atoms with Crippen LogP contribution >= 0.6 is 0 Å². The van der Waals surface area contributed by atoms with Crippen molar-refractivity contribution in [1.29, 1.82) is 0 Å².